The Hall–Kier alpha value is -3.20. The van der Waals surface area contributed by atoms with Crippen LogP contribution < -0.4 is 11.5 Å². The predicted octanol–water partition coefficient (Wildman–Crippen LogP) is 2.01. The highest BCUT2D eigenvalue weighted by atomic mass is 32.2. The topological polar surface area (TPSA) is 116 Å². The molecule has 3 aromatic rings. The van der Waals surface area contributed by atoms with Gasteiger partial charge in [-0.15, -0.1) is 5.10 Å². The molecule has 0 amide bonds. The molecule has 0 aliphatic heterocycles. The number of aromatic nitrogens is 1. The molecule has 0 unspecified atom stereocenters. The van der Waals surface area contributed by atoms with Crippen molar-refractivity contribution in [1.82, 2.24) is 3.97 Å². The van der Waals surface area contributed by atoms with Gasteiger partial charge in [0.25, 0.3) is 10.0 Å². The molecule has 0 saturated heterocycles. The molecule has 4 N–H and O–H groups in total. The highest BCUT2D eigenvalue weighted by Gasteiger charge is 2.22. The summed E-state index contributed by atoms with van der Waals surface area (Å²) >= 11 is 0. The Kier molecular flexibility index (Phi) is 4.47. The fraction of sp³-hybridized carbons (Fsp3) is 0.0588. The van der Waals surface area contributed by atoms with Crippen molar-refractivity contribution in [3.8, 4) is 0 Å². The summed E-state index contributed by atoms with van der Waals surface area (Å²) in [6, 6.07) is 11.8. The van der Waals surface area contributed by atoms with Gasteiger partial charge in [0.05, 0.1) is 16.1 Å². The van der Waals surface area contributed by atoms with Crippen LogP contribution in [0, 0.1) is 5.82 Å². The van der Waals surface area contributed by atoms with Gasteiger partial charge in [0.2, 0.25) is 5.96 Å². The lowest BCUT2D eigenvalue weighted by Crippen LogP contribution is -2.22. The van der Waals surface area contributed by atoms with Crippen LogP contribution in [0.3, 0.4) is 0 Å². The molecule has 0 atom stereocenters. The fourth-order valence-electron chi connectivity index (χ4n) is 2.55. The van der Waals surface area contributed by atoms with Crippen LogP contribution in [0.15, 0.2) is 69.8 Å². The zero-order chi connectivity index (χ0) is 18.9. The van der Waals surface area contributed by atoms with Crippen molar-refractivity contribution in [2.75, 3.05) is 0 Å². The van der Waals surface area contributed by atoms with Gasteiger partial charge in [0.15, 0.2) is 0 Å². The largest absolute Gasteiger partial charge is 0.369 e. The van der Waals surface area contributed by atoms with Crippen LogP contribution in [0.1, 0.15) is 12.5 Å². The molecule has 1 aromatic heterocycles. The maximum absolute atomic E-state index is 13.8. The maximum atomic E-state index is 13.8. The van der Waals surface area contributed by atoms with Crippen LogP contribution >= 0.6 is 0 Å². The average Bonchev–Trinajstić information content (AvgIpc) is 3.00. The molecule has 0 fully saturated rings. The molecular weight excluding hydrogens is 357 g/mol. The Balaban J connectivity index is 2.29. The minimum absolute atomic E-state index is 0.117. The number of benzene rings is 2. The van der Waals surface area contributed by atoms with E-state index in [1.54, 1.807) is 25.1 Å². The van der Waals surface area contributed by atoms with Crippen LogP contribution in [-0.2, 0) is 10.0 Å². The summed E-state index contributed by atoms with van der Waals surface area (Å²) in [6.07, 6.45) is 1.38. The third-order valence-corrected chi connectivity index (χ3v) is 5.43. The van der Waals surface area contributed by atoms with Gasteiger partial charge in [-0.25, -0.2) is 16.8 Å². The van der Waals surface area contributed by atoms with Crippen molar-refractivity contribution >= 4 is 32.6 Å². The minimum Gasteiger partial charge on any atom is -0.369 e. The van der Waals surface area contributed by atoms with E-state index in [1.807, 2.05) is 0 Å². The van der Waals surface area contributed by atoms with Gasteiger partial charge in [0, 0.05) is 17.1 Å². The van der Waals surface area contributed by atoms with E-state index in [1.165, 1.54) is 36.5 Å². The smallest absolute Gasteiger partial charge is 0.268 e. The average molecular weight is 373 g/mol. The summed E-state index contributed by atoms with van der Waals surface area (Å²) in [7, 11) is -3.87. The van der Waals surface area contributed by atoms with Gasteiger partial charge in [0.1, 0.15) is 5.82 Å². The van der Waals surface area contributed by atoms with Crippen molar-refractivity contribution < 1.29 is 12.8 Å². The van der Waals surface area contributed by atoms with Crippen molar-refractivity contribution in [3.05, 3.63) is 66.1 Å². The molecule has 0 bridgehead atoms. The molecule has 134 valence electrons. The van der Waals surface area contributed by atoms with E-state index in [0.717, 1.165) is 3.97 Å². The van der Waals surface area contributed by atoms with Crippen LogP contribution in [0.5, 0.6) is 0 Å². The highest BCUT2D eigenvalue weighted by Crippen LogP contribution is 2.27. The lowest BCUT2D eigenvalue weighted by Gasteiger charge is -2.07. The van der Waals surface area contributed by atoms with Gasteiger partial charge in [-0.05, 0) is 37.3 Å². The monoisotopic (exact) mass is 373 g/mol. The lowest BCUT2D eigenvalue weighted by atomic mass is 10.1. The fourth-order valence-corrected chi connectivity index (χ4v) is 3.94. The molecule has 26 heavy (non-hydrogen) atoms. The number of nitrogens with two attached hydrogens (primary N) is 2. The number of nitrogens with zero attached hydrogens (tertiary/aromatic N) is 3. The summed E-state index contributed by atoms with van der Waals surface area (Å²) in [4.78, 5) is 0.117. The second-order valence-electron chi connectivity index (χ2n) is 5.53. The van der Waals surface area contributed by atoms with Gasteiger partial charge < -0.3 is 11.5 Å². The molecular formula is C17H16FN5O2S. The molecule has 0 aliphatic rings. The Bertz CT molecular complexity index is 1130. The first kappa shape index (κ1) is 17.6. The number of fused-ring (bicyclic) bond motifs is 1. The summed E-state index contributed by atoms with van der Waals surface area (Å²) < 4.78 is 40.8. The number of hydrogen-bond donors (Lipinski definition) is 2. The number of rotatable bonds is 4. The van der Waals surface area contributed by atoms with E-state index in [9.17, 15) is 12.8 Å². The minimum atomic E-state index is -3.87. The molecule has 0 radical (unpaired) electrons. The zero-order valence-corrected chi connectivity index (χ0v) is 14.6. The highest BCUT2D eigenvalue weighted by molar-refractivity contribution is 7.90. The van der Waals surface area contributed by atoms with Crippen LogP contribution in [0.25, 0.3) is 10.9 Å². The Labute approximate surface area is 149 Å². The third kappa shape index (κ3) is 3.16. The van der Waals surface area contributed by atoms with E-state index in [2.05, 4.69) is 10.2 Å². The first-order valence-electron chi connectivity index (χ1n) is 7.55. The first-order chi connectivity index (χ1) is 12.3. The van der Waals surface area contributed by atoms with E-state index in [-0.39, 0.29) is 10.9 Å². The summed E-state index contributed by atoms with van der Waals surface area (Å²) in [5.74, 6) is -0.737. The first-order valence-corrected chi connectivity index (χ1v) is 8.99. The Morgan fingerprint density at radius 2 is 1.77 bits per heavy atom. The summed E-state index contributed by atoms with van der Waals surface area (Å²) in [6.45, 7) is 1.60. The molecule has 9 heteroatoms. The van der Waals surface area contributed by atoms with Gasteiger partial charge in [-0.1, -0.05) is 18.2 Å². The van der Waals surface area contributed by atoms with E-state index in [4.69, 9.17) is 11.5 Å². The van der Waals surface area contributed by atoms with Crippen LogP contribution in [-0.4, -0.2) is 24.1 Å². The molecule has 3 rings (SSSR count). The summed E-state index contributed by atoms with van der Waals surface area (Å²) in [5, 5.41) is 7.82. The zero-order valence-electron chi connectivity index (χ0n) is 13.8. The van der Waals surface area contributed by atoms with E-state index >= 15 is 0 Å². The van der Waals surface area contributed by atoms with Crippen molar-refractivity contribution in [2.24, 2.45) is 21.7 Å². The van der Waals surface area contributed by atoms with Gasteiger partial charge >= 0.3 is 0 Å². The van der Waals surface area contributed by atoms with Crippen LogP contribution in [0.2, 0.25) is 0 Å². The normalized spacial score (nSPS) is 12.3. The molecule has 2 aromatic carbocycles. The quantitative estimate of drug-likeness (QED) is 0.413. The Morgan fingerprint density at radius 3 is 2.42 bits per heavy atom. The van der Waals surface area contributed by atoms with Crippen molar-refractivity contribution in [3.63, 3.8) is 0 Å². The standard InChI is InChI=1S/C17H16FN5O2S/c1-11(21-22-17(19)20)15-10-23(16-8-7-12(18)9-14(15)16)26(24,25)13-5-3-2-4-6-13/h2-10H,1H3,(H4,19,20,22). The maximum Gasteiger partial charge on any atom is 0.268 e. The van der Waals surface area contributed by atoms with Crippen LogP contribution in [0.4, 0.5) is 4.39 Å². The Morgan fingerprint density at radius 1 is 1.08 bits per heavy atom. The lowest BCUT2D eigenvalue weighted by molar-refractivity contribution is 0.589. The molecule has 7 nitrogen and oxygen atoms in total. The van der Waals surface area contributed by atoms with Crippen molar-refractivity contribution in [2.45, 2.75) is 11.8 Å². The molecule has 0 aliphatic carbocycles. The SMILES string of the molecule is CC(=NN=C(N)N)c1cn(S(=O)(=O)c2ccccc2)c2ccc(F)cc12. The molecule has 0 spiro atoms. The summed E-state index contributed by atoms with van der Waals surface area (Å²) in [5.41, 5.74) is 11.6. The predicted molar refractivity (Wildman–Crippen MR) is 98.9 cm³/mol. The molecule has 1 heterocycles. The van der Waals surface area contributed by atoms with Gasteiger partial charge in [-0.3, -0.25) is 0 Å². The third-order valence-electron chi connectivity index (χ3n) is 3.74. The van der Waals surface area contributed by atoms with E-state index in [0.29, 0.717) is 22.2 Å². The van der Waals surface area contributed by atoms with Crippen molar-refractivity contribution in [1.29, 1.82) is 0 Å². The number of hydrogen-bond acceptors (Lipinski definition) is 4. The van der Waals surface area contributed by atoms with E-state index < -0.39 is 15.8 Å². The second kappa shape index (κ2) is 6.60. The number of halogens is 1. The number of guanidine groups is 1. The second-order valence-corrected chi connectivity index (χ2v) is 7.34. The van der Waals surface area contributed by atoms with Gasteiger partial charge in [-0.2, -0.15) is 5.10 Å². The molecule has 0 saturated carbocycles.